The molecule has 2 N–H and O–H groups in total. The number of unbranched alkanes of at least 4 members (excludes halogenated alkanes) is 5. The molecule has 1 unspecified atom stereocenters. The van der Waals surface area contributed by atoms with Crippen LogP contribution in [0.15, 0.2) is 12.7 Å². The highest BCUT2D eigenvalue weighted by Gasteiger charge is 2.07. The van der Waals surface area contributed by atoms with Crippen molar-refractivity contribution < 1.29 is 19.7 Å². The summed E-state index contributed by atoms with van der Waals surface area (Å²) in [5, 5.41) is 17.8. The van der Waals surface area contributed by atoms with Gasteiger partial charge in [0.05, 0.1) is 0 Å². The molecule has 1 atom stereocenters. The van der Waals surface area contributed by atoms with Crippen LogP contribution in [-0.4, -0.2) is 29.1 Å². The van der Waals surface area contributed by atoms with E-state index in [2.05, 4.69) is 11.3 Å². The second-order valence-corrected chi connectivity index (χ2v) is 3.73. The van der Waals surface area contributed by atoms with E-state index < -0.39 is 12.3 Å². The Hall–Kier alpha value is -0.870. The summed E-state index contributed by atoms with van der Waals surface area (Å²) in [4.78, 5) is 10.7. The van der Waals surface area contributed by atoms with Crippen LogP contribution in [0.5, 0.6) is 0 Å². The van der Waals surface area contributed by atoms with E-state index in [1.54, 1.807) is 0 Å². The van der Waals surface area contributed by atoms with Crippen molar-refractivity contribution in [1.29, 1.82) is 0 Å². The van der Waals surface area contributed by atoms with Crippen LogP contribution in [0.25, 0.3) is 0 Å². The maximum absolute atomic E-state index is 10.7. The van der Waals surface area contributed by atoms with Crippen molar-refractivity contribution in [3.63, 3.8) is 0 Å². The molecular formula is C12H22O4. The minimum Gasteiger partial charge on any atom is -0.433 e. The van der Waals surface area contributed by atoms with Crippen molar-refractivity contribution >= 4 is 5.97 Å². The number of hydrogen-bond donors (Lipinski definition) is 2. The lowest BCUT2D eigenvalue weighted by molar-refractivity contribution is -0.162. The number of carbonyl (C=O) groups excluding carboxylic acids is 1. The predicted octanol–water partition coefficient (Wildman–Crippen LogP) is 1.76. The quantitative estimate of drug-likeness (QED) is 0.260. The summed E-state index contributed by atoms with van der Waals surface area (Å²) in [5.41, 5.74) is 0. The third-order valence-corrected chi connectivity index (χ3v) is 2.28. The number of aliphatic hydroxyl groups excluding tert-OH is 2. The van der Waals surface area contributed by atoms with Gasteiger partial charge in [0.2, 0.25) is 6.29 Å². The van der Waals surface area contributed by atoms with Crippen LogP contribution in [-0.2, 0) is 9.53 Å². The fraction of sp³-hybridized carbons (Fsp3) is 0.750. The summed E-state index contributed by atoms with van der Waals surface area (Å²) < 4.78 is 4.61. The maximum Gasteiger partial charge on any atom is 0.332 e. The molecule has 0 spiro atoms. The summed E-state index contributed by atoms with van der Waals surface area (Å²) >= 11 is 0. The van der Waals surface area contributed by atoms with Crippen molar-refractivity contribution in [1.82, 2.24) is 0 Å². The lowest BCUT2D eigenvalue weighted by atomic mass is 10.1. The molecule has 0 aliphatic heterocycles. The van der Waals surface area contributed by atoms with Gasteiger partial charge in [-0.1, -0.05) is 32.3 Å². The molecule has 0 heterocycles. The van der Waals surface area contributed by atoms with Gasteiger partial charge in [0, 0.05) is 19.1 Å². The van der Waals surface area contributed by atoms with Crippen LogP contribution in [0.3, 0.4) is 0 Å². The maximum atomic E-state index is 10.7. The molecule has 0 saturated carbocycles. The van der Waals surface area contributed by atoms with E-state index in [-0.39, 0.29) is 6.61 Å². The van der Waals surface area contributed by atoms with Gasteiger partial charge in [-0.3, -0.25) is 0 Å². The Morgan fingerprint density at radius 1 is 1.19 bits per heavy atom. The normalized spacial score (nSPS) is 12.1. The van der Waals surface area contributed by atoms with E-state index >= 15 is 0 Å². The van der Waals surface area contributed by atoms with Crippen LogP contribution < -0.4 is 0 Å². The Morgan fingerprint density at radius 2 is 1.75 bits per heavy atom. The number of carbonyl (C=O) groups is 1. The first-order valence-corrected chi connectivity index (χ1v) is 5.82. The molecule has 94 valence electrons. The average molecular weight is 230 g/mol. The third-order valence-electron chi connectivity index (χ3n) is 2.28. The molecule has 0 aliphatic carbocycles. The minimum absolute atomic E-state index is 0.260. The number of aliphatic hydroxyl groups is 2. The molecule has 16 heavy (non-hydrogen) atoms. The van der Waals surface area contributed by atoms with Crippen molar-refractivity contribution in [2.24, 2.45) is 0 Å². The predicted molar refractivity (Wildman–Crippen MR) is 61.7 cm³/mol. The SMILES string of the molecule is C=CC(=O)OC(O)CCCCCCCCO. The number of esters is 1. The van der Waals surface area contributed by atoms with Gasteiger partial charge in [-0.25, -0.2) is 4.79 Å². The first-order chi connectivity index (χ1) is 7.70. The van der Waals surface area contributed by atoms with E-state index in [1.807, 2.05) is 0 Å². The van der Waals surface area contributed by atoms with Gasteiger partial charge in [0.15, 0.2) is 0 Å². The second kappa shape index (κ2) is 10.6. The number of rotatable bonds is 10. The number of ether oxygens (including phenoxy) is 1. The van der Waals surface area contributed by atoms with Crippen LogP contribution >= 0.6 is 0 Å². The van der Waals surface area contributed by atoms with Crippen LogP contribution in [0.4, 0.5) is 0 Å². The van der Waals surface area contributed by atoms with Crippen molar-refractivity contribution in [2.75, 3.05) is 6.61 Å². The van der Waals surface area contributed by atoms with Gasteiger partial charge in [-0.15, -0.1) is 0 Å². The monoisotopic (exact) mass is 230 g/mol. The molecule has 0 aromatic heterocycles. The van der Waals surface area contributed by atoms with Gasteiger partial charge in [-0.2, -0.15) is 0 Å². The molecule has 0 rings (SSSR count). The highest BCUT2D eigenvalue weighted by Crippen LogP contribution is 2.09. The highest BCUT2D eigenvalue weighted by atomic mass is 16.6. The van der Waals surface area contributed by atoms with Crippen LogP contribution in [0, 0.1) is 0 Å². The Morgan fingerprint density at radius 3 is 2.31 bits per heavy atom. The van der Waals surface area contributed by atoms with Crippen LogP contribution in [0.2, 0.25) is 0 Å². The lowest BCUT2D eigenvalue weighted by Gasteiger charge is -2.09. The van der Waals surface area contributed by atoms with Gasteiger partial charge in [0.25, 0.3) is 0 Å². The first kappa shape index (κ1) is 15.1. The molecular weight excluding hydrogens is 208 g/mol. The zero-order valence-corrected chi connectivity index (χ0v) is 9.73. The fourth-order valence-corrected chi connectivity index (χ4v) is 1.38. The molecule has 4 nitrogen and oxygen atoms in total. The molecule has 0 aromatic carbocycles. The van der Waals surface area contributed by atoms with Gasteiger partial charge >= 0.3 is 5.97 Å². The topological polar surface area (TPSA) is 66.8 Å². The zero-order chi connectivity index (χ0) is 12.2. The standard InChI is InChI=1S/C12H22O4/c1-2-11(14)16-12(15)9-7-5-3-4-6-8-10-13/h2,12-13,15H,1,3-10H2. The molecule has 4 heteroatoms. The van der Waals surface area contributed by atoms with E-state index in [0.717, 1.165) is 44.6 Å². The van der Waals surface area contributed by atoms with E-state index in [0.29, 0.717) is 6.42 Å². The summed E-state index contributed by atoms with van der Waals surface area (Å²) in [6, 6.07) is 0. The second-order valence-electron chi connectivity index (χ2n) is 3.73. The number of hydrogen-bond acceptors (Lipinski definition) is 4. The average Bonchev–Trinajstić information content (AvgIpc) is 2.27. The Labute approximate surface area is 96.9 Å². The van der Waals surface area contributed by atoms with Crippen molar-refractivity contribution in [3.8, 4) is 0 Å². The smallest absolute Gasteiger partial charge is 0.332 e. The molecule has 0 radical (unpaired) electrons. The molecule has 0 amide bonds. The van der Waals surface area contributed by atoms with Gasteiger partial charge in [-0.05, 0) is 12.8 Å². The van der Waals surface area contributed by atoms with Gasteiger partial charge in [0.1, 0.15) is 0 Å². The van der Waals surface area contributed by atoms with E-state index in [4.69, 9.17) is 5.11 Å². The van der Waals surface area contributed by atoms with Gasteiger partial charge < -0.3 is 14.9 Å². The van der Waals surface area contributed by atoms with Crippen molar-refractivity contribution in [3.05, 3.63) is 12.7 Å². The Balaban J connectivity index is 3.24. The Bertz CT molecular complexity index is 191. The molecule has 0 saturated heterocycles. The third kappa shape index (κ3) is 9.68. The zero-order valence-electron chi connectivity index (χ0n) is 9.73. The summed E-state index contributed by atoms with van der Waals surface area (Å²) in [5.74, 6) is -0.588. The largest absolute Gasteiger partial charge is 0.433 e. The summed E-state index contributed by atoms with van der Waals surface area (Å²) in [6.07, 6.45) is 6.44. The fourth-order valence-electron chi connectivity index (χ4n) is 1.38. The Kier molecular flexibility index (Phi) is 10.1. The van der Waals surface area contributed by atoms with Crippen LogP contribution in [0.1, 0.15) is 44.9 Å². The highest BCUT2D eigenvalue weighted by molar-refractivity contribution is 5.81. The van der Waals surface area contributed by atoms with Crippen molar-refractivity contribution in [2.45, 2.75) is 51.2 Å². The van der Waals surface area contributed by atoms with E-state index in [1.165, 1.54) is 0 Å². The summed E-state index contributed by atoms with van der Waals surface area (Å²) in [6.45, 7) is 3.51. The molecule has 0 aromatic rings. The summed E-state index contributed by atoms with van der Waals surface area (Å²) in [7, 11) is 0. The molecule has 0 fully saturated rings. The molecule has 0 aliphatic rings. The lowest BCUT2D eigenvalue weighted by Crippen LogP contribution is -2.15. The molecule has 0 bridgehead atoms. The first-order valence-electron chi connectivity index (χ1n) is 5.82. The van der Waals surface area contributed by atoms with E-state index in [9.17, 15) is 9.90 Å². The minimum atomic E-state index is -1.01.